The molecule has 27 heteroatoms. The van der Waals surface area contributed by atoms with E-state index >= 15 is 0 Å². The molecule has 3 aliphatic rings. The molecular formula is C53H60N12O13S2. The number of hydrogen-bond acceptors (Lipinski definition) is 21. The van der Waals surface area contributed by atoms with Crippen molar-refractivity contribution < 1.29 is 59.8 Å². The van der Waals surface area contributed by atoms with E-state index in [0.29, 0.717) is 126 Å². The zero-order valence-electron chi connectivity index (χ0n) is 44.8. The number of methoxy groups -OCH3 is 4. The van der Waals surface area contributed by atoms with Gasteiger partial charge >= 0.3 is 0 Å². The van der Waals surface area contributed by atoms with Crippen LogP contribution in [0.3, 0.4) is 0 Å². The number of ether oxygens (including phenoxy) is 8. The molecule has 422 valence electrons. The van der Waals surface area contributed by atoms with Gasteiger partial charge in [-0.25, -0.2) is 56.7 Å². The highest BCUT2D eigenvalue weighted by atomic mass is 32.2. The molecule has 2 aliphatic carbocycles. The number of aromatic nitrogens is 10. The largest absolute Gasteiger partial charge is 0.494 e. The fraction of sp³-hybridized carbons (Fsp3) is 0.396. The number of anilines is 2. The number of aliphatic hydroxyl groups is 1. The highest BCUT2D eigenvalue weighted by molar-refractivity contribution is 7.93. The van der Waals surface area contributed by atoms with Gasteiger partial charge in [0.25, 0.3) is 0 Å². The second-order valence-corrected chi connectivity index (χ2v) is 22.4. The molecule has 3 N–H and O–H groups in total. The molecule has 0 amide bonds. The number of rotatable bonds is 22. The first-order valence-electron chi connectivity index (χ1n) is 25.8. The zero-order valence-corrected chi connectivity index (χ0v) is 46.4. The van der Waals surface area contributed by atoms with Crippen molar-refractivity contribution in [2.75, 3.05) is 69.2 Å². The summed E-state index contributed by atoms with van der Waals surface area (Å²) < 4.78 is 105. The maximum Gasteiger partial charge on any atom is 0.236 e. The fourth-order valence-electron chi connectivity index (χ4n) is 9.12. The van der Waals surface area contributed by atoms with E-state index in [4.69, 9.17) is 42.9 Å². The Morgan fingerprint density at radius 2 is 1.05 bits per heavy atom. The van der Waals surface area contributed by atoms with E-state index in [1.165, 1.54) is 26.6 Å². The van der Waals surface area contributed by atoms with E-state index in [1.807, 2.05) is 26.0 Å². The first kappa shape index (κ1) is 55.3. The predicted molar refractivity (Wildman–Crippen MR) is 294 cm³/mol. The number of fused-ring (bicyclic) bond motifs is 2. The van der Waals surface area contributed by atoms with Crippen LogP contribution in [0.2, 0.25) is 0 Å². The van der Waals surface area contributed by atoms with Gasteiger partial charge in [0.05, 0.1) is 76.8 Å². The molecule has 1 atom stereocenters. The molecule has 6 aromatic heterocycles. The summed E-state index contributed by atoms with van der Waals surface area (Å²) in [5.74, 6) is 2.99. The van der Waals surface area contributed by atoms with Gasteiger partial charge < -0.3 is 43.0 Å². The maximum atomic E-state index is 13.2. The molecule has 0 radical (unpaired) electrons. The van der Waals surface area contributed by atoms with E-state index in [2.05, 4.69) is 44.3 Å². The van der Waals surface area contributed by atoms with Crippen molar-refractivity contribution in [2.24, 2.45) is 0 Å². The highest BCUT2D eigenvalue weighted by Gasteiger charge is 2.50. The fourth-order valence-corrected chi connectivity index (χ4v) is 12.1. The minimum absolute atomic E-state index is 0.0176. The van der Waals surface area contributed by atoms with Gasteiger partial charge in [-0.15, -0.1) is 0 Å². The first-order chi connectivity index (χ1) is 38.6. The SMILES string of the molecule is CCOc1cccc(-c2nc3nc(NS(=O)(=O)CC4(O)CC4)cnc3n2-c2c(OC)cccc2OC)n1.CCOc1cccc(-c2nc3nc(NS(=O)(=O)CC4(OC5CCCCO5)CC4)cnc3n2-c2c(OC)cccc2OC)n1. The third-order valence-electron chi connectivity index (χ3n) is 13.1. The predicted octanol–water partition coefficient (Wildman–Crippen LogP) is 6.67. The number of imidazole rings is 2. The average molecular weight is 1140 g/mol. The number of hydrogen-bond donors (Lipinski definition) is 3. The lowest BCUT2D eigenvalue weighted by molar-refractivity contribution is -0.191. The molecule has 25 nitrogen and oxygen atoms in total. The van der Waals surface area contributed by atoms with Crippen LogP contribution in [-0.2, 0) is 29.5 Å². The second kappa shape index (κ2) is 23.0. The number of nitrogens with zero attached hydrogens (tertiary/aromatic N) is 10. The number of pyridine rings is 2. The molecular weight excluding hydrogens is 1080 g/mol. The Balaban J connectivity index is 0.000000182. The van der Waals surface area contributed by atoms with Crippen molar-refractivity contribution in [3.05, 3.63) is 85.2 Å². The Bertz CT molecular complexity index is 3730. The van der Waals surface area contributed by atoms with Crippen molar-refractivity contribution >= 4 is 54.3 Å². The van der Waals surface area contributed by atoms with Gasteiger partial charge in [-0.05, 0) is 95.2 Å². The van der Waals surface area contributed by atoms with Crippen LogP contribution in [-0.4, -0.2) is 148 Å². The Labute approximate surface area is 461 Å². The Morgan fingerprint density at radius 1 is 0.600 bits per heavy atom. The molecule has 2 saturated carbocycles. The molecule has 3 fully saturated rings. The van der Waals surface area contributed by atoms with Crippen LogP contribution in [0.5, 0.6) is 34.8 Å². The molecule has 1 aliphatic heterocycles. The van der Waals surface area contributed by atoms with Gasteiger partial charge in [0.2, 0.25) is 31.8 Å². The highest BCUT2D eigenvalue weighted by Crippen LogP contribution is 2.44. The molecule has 0 spiro atoms. The minimum Gasteiger partial charge on any atom is -0.494 e. The Kier molecular flexibility index (Phi) is 15.9. The Morgan fingerprint density at radius 3 is 1.45 bits per heavy atom. The van der Waals surface area contributed by atoms with Crippen molar-refractivity contribution in [2.45, 2.75) is 76.3 Å². The van der Waals surface area contributed by atoms with Crippen LogP contribution in [0.1, 0.15) is 58.8 Å². The van der Waals surface area contributed by atoms with Gasteiger partial charge in [-0.1, -0.05) is 24.3 Å². The maximum absolute atomic E-state index is 13.2. The molecule has 8 aromatic rings. The number of nitrogens with one attached hydrogen (secondary N) is 2. The summed E-state index contributed by atoms with van der Waals surface area (Å²) in [6, 6.07) is 21.4. The normalized spacial score (nSPS) is 16.3. The summed E-state index contributed by atoms with van der Waals surface area (Å²) in [6.07, 6.45) is 7.24. The van der Waals surface area contributed by atoms with Crippen LogP contribution in [0.15, 0.2) is 85.2 Å². The van der Waals surface area contributed by atoms with Crippen molar-refractivity contribution in [3.63, 3.8) is 0 Å². The van der Waals surface area contributed by atoms with E-state index < -0.39 is 37.0 Å². The quantitative estimate of drug-likeness (QED) is 0.0638. The number of sulfonamides is 2. The van der Waals surface area contributed by atoms with Gasteiger partial charge in [0.15, 0.2) is 52.2 Å². The van der Waals surface area contributed by atoms with Gasteiger partial charge in [-0.2, -0.15) is 0 Å². The molecule has 2 aromatic carbocycles. The van der Waals surface area contributed by atoms with Gasteiger partial charge in [0, 0.05) is 18.7 Å². The van der Waals surface area contributed by atoms with E-state index in [1.54, 1.807) is 84.0 Å². The van der Waals surface area contributed by atoms with Crippen molar-refractivity contribution in [1.29, 1.82) is 0 Å². The molecule has 11 rings (SSSR count). The summed E-state index contributed by atoms with van der Waals surface area (Å²) in [6.45, 7) is 5.25. The standard InChI is InChI=1S/C29H34N6O7S.C24H26N6O6S/c1-4-40-23-12-7-9-19(31-23)27-33-26-28(35(27)25-20(38-2)10-8-11-21(25)39-3)30-17-22(32-26)34-43(36,37)18-29(14-15-29)42-24-13-5-6-16-41-24;1-4-36-19-10-5-7-15(26-19)22-28-21-23(30(22)20-16(34-2)8-6-9-17(20)35-3)25-13-18(27-21)29-37(32,33)14-24(31)11-12-24/h7-12,17,24H,4-6,13-16,18H2,1-3H3,(H,32,34);5-10,13,31H,4,11-12,14H2,1-3H3,(H,27,29). The van der Waals surface area contributed by atoms with Crippen LogP contribution < -0.4 is 37.9 Å². The summed E-state index contributed by atoms with van der Waals surface area (Å²) in [5, 5.41) is 10.1. The van der Waals surface area contributed by atoms with Crippen LogP contribution in [0, 0.1) is 0 Å². The lowest BCUT2D eigenvalue weighted by atomic mass is 10.2. The molecule has 80 heavy (non-hydrogen) atoms. The minimum atomic E-state index is -3.85. The average Bonchev–Trinajstić information content (AvgIpc) is 4.30. The molecule has 1 saturated heterocycles. The zero-order chi connectivity index (χ0) is 56.2. The second-order valence-electron chi connectivity index (χ2n) is 19.0. The summed E-state index contributed by atoms with van der Waals surface area (Å²) in [5.41, 5.74) is 1.10. The van der Waals surface area contributed by atoms with Crippen LogP contribution in [0.25, 0.3) is 57.0 Å². The third kappa shape index (κ3) is 12.2. The Hall–Kier alpha value is -7.98. The van der Waals surface area contributed by atoms with Crippen molar-refractivity contribution in [1.82, 2.24) is 49.0 Å². The van der Waals surface area contributed by atoms with E-state index in [9.17, 15) is 21.9 Å². The summed E-state index contributed by atoms with van der Waals surface area (Å²) in [4.78, 5) is 36.6. The number of para-hydroxylation sites is 2. The molecule has 7 heterocycles. The van der Waals surface area contributed by atoms with Crippen molar-refractivity contribution in [3.8, 4) is 69.2 Å². The van der Waals surface area contributed by atoms with Gasteiger partial charge in [0.1, 0.15) is 45.8 Å². The summed E-state index contributed by atoms with van der Waals surface area (Å²) >= 11 is 0. The summed E-state index contributed by atoms with van der Waals surface area (Å²) in [7, 11) is -1.48. The lowest BCUT2D eigenvalue weighted by Gasteiger charge is -2.27. The van der Waals surface area contributed by atoms with Crippen LogP contribution >= 0.6 is 0 Å². The smallest absolute Gasteiger partial charge is 0.236 e. The van der Waals surface area contributed by atoms with E-state index in [0.717, 1.165) is 19.3 Å². The first-order valence-corrected chi connectivity index (χ1v) is 29.1. The number of benzene rings is 2. The van der Waals surface area contributed by atoms with E-state index in [-0.39, 0.29) is 35.0 Å². The third-order valence-corrected chi connectivity index (χ3v) is 15.9. The van der Waals surface area contributed by atoms with Gasteiger partial charge in [-0.3, -0.25) is 18.6 Å². The topological polar surface area (TPSA) is 299 Å². The van der Waals surface area contributed by atoms with Crippen LogP contribution in [0.4, 0.5) is 11.6 Å². The monoisotopic (exact) mass is 1140 g/mol. The molecule has 1 unspecified atom stereocenters. The molecule has 0 bridgehead atoms. The lowest BCUT2D eigenvalue weighted by Crippen LogP contribution is -2.35.